The zero-order chi connectivity index (χ0) is 14.4. The van der Waals surface area contributed by atoms with Crippen molar-refractivity contribution < 1.29 is 4.79 Å². The second-order valence-corrected chi connectivity index (χ2v) is 4.38. The number of nitrogens with zero attached hydrogens (tertiary/aromatic N) is 1. The number of hydrogen-bond donors (Lipinski definition) is 2. The number of H-pyrrole nitrogens is 1. The van der Waals surface area contributed by atoms with Crippen LogP contribution in [0.2, 0.25) is 0 Å². The standard InChI is InChI=1S/C15H17N3O2/c16-9-4-10-18(13-5-2-1-3-6-13)15(20)12-7-8-14(19)17-11-12/h1-3,5-8,11H,4,9-10,16H2,(H,17,19). The van der Waals surface area contributed by atoms with Crippen LogP contribution in [0, 0.1) is 0 Å². The molecule has 1 heterocycles. The lowest BCUT2D eigenvalue weighted by molar-refractivity contribution is 0.0986. The maximum Gasteiger partial charge on any atom is 0.259 e. The SMILES string of the molecule is NCCCN(C(=O)c1ccc(=O)[nH]c1)c1ccccc1. The third-order valence-electron chi connectivity index (χ3n) is 2.93. The van der Waals surface area contributed by atoms with Crippen molar-refractivity contribution in [1.29, 1.82) is 0 Å². The van der Waals surface area contributed by atoms with Crippen molar-refractivity contribution in [1.82, 2.24) is 4.98 Å². The van der Waals surface area contributed by atoms with Crippen molar-refractivity contribution in [3.63, 3.8) is 0 Å². The Bertz CT molecular complexity index is 602. The summed E-state index contributed by atoms with van der Waals surface area (Å²) in [6.07, 6.45) is 2.15. The van der Waals surface area contributed by atoms with Gasteiger partial charge in [0, 0.05) is 24.5 Å². The molecular formula is C15H17N3O2. The fraction of sp³-hybridized carbons (Fsp3) is 0.200. The van der Waals surface area contributed by atoms with Crippen LogP contribution in [0.3, 0.4) is 0 Å². The van der Waals surface area contributed by atoms with Crippen LogP contribution in [0.5, 0.6) is 0 Å². The van der Waals surface area contributed by atoms with Gasteiger partial charge in [-0.2, -0.15) is 0 Å². The van der Waals surface area contributed by atoms with Crippen molar-refractivity contribution >= 4 is 11.6 Å². The molecule has 0 saturated carbocycles. The highest BCUT2D eigenvalue weighted by molar-refractivity contribution is 6.05. The summed E-state index contributed by atoms with van der Waals surface area (Å²) in [5, 5.41) is 0. The summed E-state index contributed by atoms with van der Waals surface area (Å²) in [5.74, 6) is -0.152. The van der Waals surface area contributed by atoms with E-state index in [0.29, 0.717) is 25.1 Å². The number of amides is 1. The van der Waals surface area contributed by atoms with Crippen LogP contribution in [-0.4, -0.2) is 24.0 Å². The Balaban J connectivity index is 2.28. The van der Waals surface area contributed by atoms with Crippen LogP contribution in [0.25, 0.3) is 0 Å². The highest BCUT2D eigenvalue weighted by Gasteiger charge is 2.17. The van der Waals surface area contributed by atoms with Gasteiger partial charge in [0.2, 0.25) is 5.56 Å². The second-order valence-electron chi connectivity index (χ2n) is 4.38. The van der Waals surface area contributed by atoms with Crippen molar-refractivity contribution in [2.45, 2.75) is 6.42 Å². The average molecular weight is 271 g/mol. The van der Waals surface area contributed by atoms with Crippen LogP contribution >= 0.6 is 0 Å². The predicted octanol–water partition coefficient (Wildman–Crippen LogP) is 1.37. The van der Waals surface area contributed by atoms with Gasteiger partial charge in [-0.25, -0.2) is 0 Å². The van der Waals surface area contributed by atoms with Gasteiger partial charge in [-0.05, 0) is 31.2 Å². The van der Waals surface area contributed by atoms with E-state index < -0.39 is 0 Å². The molecule has 5 heteroatoms. The number of carbonyl (C=O) groups excluding carboxylic acids is 1. The summed E-state index contributed by atoms with van der Waals surface area (Å²) < 4.78 is 0. The Morgan fingerprint density at radius 3 is 2.50 bits per heavy atom. The third-order valence-corrected chi connectivity index (χ3v) is 2.93. The first-order valence-corrected chi connectivity index (χ1v) is 6.48. The minimum atomic E-state index is -0.227. The summed E-state index contributed by atoms with van der Waals surface area (Å²) in [5.41, 5.74) is 6.57. The van der Waals surface area contributed by atoms with Gasteiger partial charge in [-0.15, -0.1) is 0 Å². The molecule has 0 bridgehead atoms. The van der Waals surface area contributed by atoms with Gasteiger partial charge in [-0.3, -0.25) is 9.59 Å². The topological polar surface area (TPSA) is 79.2 Å². The number of hydrogen-bond acceptors (Lipinski definition) is 3. The van der Waals surface area contributed by atoms with Crippen molar-refractivity contribution in [2.24, 2.45) is 5.73 Å². The Labute approximate surface area is 117 Å². The lowest BCUT2D eigenvalue weighted by atomic mass is 10.2. The van der Waals surface area contributed by atoms with Crippen molar-refractivity contribution in [2.75, 3.05) is 18.0 Å². The smallest absolute Gasteiger partial charge is 0.259 e. The molecule has 3 N–H and O–H groups in total. The van der Waals surface area contributed by atoms with Crippen LogP contribution in [0.4, 0.5) is 5.69 Å². The molecule has 0 radical (unpaired) electrons. The zero-order valence-electron chi connectivity index (χ0n) is 11.1. The van der Waals surface area contributed by atoms with Gasteiger partial charge < -0.3 is 15.6 Å². The first kappa shape index (κ1) is 14.0. The molecule has 0 aliphatic rings. The molecule has 1 aromatic carbocycles. The van der Waals surface area contributed by atoms with Gasteiger partial charge in [0.05, 0.1) is 5.56 Å². The zero-order valence-corrected chi connectivity index (χ0v) is 11.1. The van der Waals surface area contributed by atoms with Gasteiger partial charge in [0.25, 0.3) is 5.91 Å². The molecule has 104 valence electrons. The molecule has 0 atom stereocenters. The minimum Gasteiger partial charge on any atom is -0.330 e. The highest BCUT2D eigenvalue weighted by Crippen LogP contribution is 2.16. The Morgan fingerprint density at radius 1 is 1.15 bits per heavy atom. The molecule has 20 heavy (non-hydrogen) atoms. The molecule has 1 amide bonds. The number of para-hydroxylation sites is 1. The van der Waals surface area contributed by atoms with E-state index in [1.54, 1.807) is 4.90 Å². The summed E-state index contributed by atoms with van der Waals surface area (Å²) in [6.45, 7) is 1.06. The fourth-order valence-corrected chi connectivity index (χ4v) is 1.90. The van der Waals surface area contributed by atoms with E-state index in [1.165, 1.54) is 18.3 Å². The third kappa shape index (κ3) is 3.33. The van der Waals surface area contributed by atoms with E-state index >= 15 is 0 Å². The molecular weight excluding hydrogens is 254 g/mol. The van der Waals surface area contributed by atoms with Gasteiger partial charge in [0.1, 0.15) is 0 Å². The molecule has 0 fully saturated rings. The van der Waals surface area contributed by atoms with Crippen molar-refractivity contribution in [3.8, 4) is 0 Å². The number of aromatic nitrogens is 1. The van der Waals surface area contributed by atoms with E-state index in [1.807, 2.05) is 30.3 Å². The lowest BCUT2D eigenvalue weighted by Gasteiger charge is -2.22. The van der Waals surface area contributed by atoms with Crippen LogP contribution in [-0.2, 0) is 0 Å². The van der Waals surface area contributed by atoms with E-state index in [4.69, 9.17) is 5.73 Å². The summed E-state index contributed by atoms with van der Waals surface area (Å²) in [7, 11) is 0. The molecule has 2 aromatic rings. The number of nitrogens with one attached hydrogen (secondary N) is 1. The van der Waals surface area contributed by atoms with Crippen LogP contribution in [0.1, 0.15) is 16.8 Å². The molecule has 5 nitrogen and oxygen atoms in total. The van der Waals surface area contributed by atoms with E-state index in [2.05, 4.69) is 4.98 Å². The number of rotatable bonds is 5. The van der Waals surface area contributed by atoms with E-state index in [9.17, 15) is 9.59 Å². The Morgan fingerprint density at radius 2 is 1.90 bits per heavy atom. The maximum atomic E-state index is 12.5. The monoisotopic (exact) mass is 271 g/mol. The van der Waals surface area contributed by atoms with Gasteiger partial charge in [0.15, 0.2) is 0 Å². The number of anilines is 1. The van der Waals surface area contributed by atoms with Crippen LogP contribution in [0.15, 0.2) is 53.5 Å². The van der Waals surface area contributed by atoms with E-state index in [-0.39, 0.29) is 11.5 Å². The fourth-order valence-electron chi connectivity index (χ4n) is 1.90. The summed E-state index contributed by atoms with van der Waals surface area (Å²) >= 11 is 0. The van der Waals surface area contributed by atoms with E-state index in [0.717, 1.165) is 5.69 Å². The molecule has 0 unspecified atom stereocenters. The molecule has 0 aliphatic carbocycles. The normalized spacial score (nSPS) is 10.2. The predicted molar refractivity (Wildman–Crippen MR) is 78.9 cm³/mol. The quantitative estimate of drug-likeness (QED) is 0.862. The van der Waals surface area contributed by atoms with Gasteiger partial charge >= 0.3 is 0 Å². The molecule has 1 aromatic heterocycles. The molecule has 0 aliphatic heterocycles. The largest absolute Gasteiger partial charge is 0.330 e. The lowest BCUT2D eigenvalue weighted by Crippen LogP contribution is -2.33. The number of pyridine rings is 1. The summed E-state index contributed by atoms with van der Waals surface area (Å²) in [6, 6.07) is 12.3. The molecule has 0 saturated heterocycles. The van der Waals surface area contributed by atoms with Crippen molar-refractivity contribution in [3.05, 3.63) is 64.6 Å². The average Bonchev–Trinajstić information content (AvgIpc) is 2.49. The van der Waals surface area contributed by atoms with Gasteiger partial charge in [-0.1, -0.05) is 18.2 Å². The van der Waals surface area contributed by atoms with Crippen LogP contribution < -0.4 is 16.2 Å². The maximum absolute atomic E-state index is 12.5. The number of nitrogens with two attached hydrogens (primary N) is 1. The number of carbonyl (C=O) groups is 1. The highest BCUT2D eigenvalue weighted by atomic mass is 16.2. The Kier molecular flexibility index (Phi) is 4.68. The Hall–Kier alpha value is -2.40. The first-order valence-electron chi connectivity index (χ1n) is 6.48. The minimum absolute atomic E-state index is 0.152. The number of aromatic amines is 1. The molecule has 2 rings (SSSR count). The number of benzene rings is 1. The second kappa shape index (κ2) is 6.68. The molecule has 0 spiro atoms. The summed E-state index contributed by atoms with van der Waals surface area (Å²) in [4.78, 5) is 27.8. The first-order chi connectivity index (χ1) is 9.72.